The molecule has 1 aromatic carbocycles. The van der Waals surface area contributed by atoms with Crippen LogP contribution in [0.2, 0.25) is 0 Å². The quantitative estimate of drug-likeness (QED) is 0.707. The summed E-state index contributed by atoms with van der Waals surface area (Å²) in [5, 5.41) is 3.30. The van der Waals surface area contributed by atoms with Gasteiger partial charge in [0.1, 0.15) is 5.82 Å². The Morgan fingerprint density at radius 2 is 1.78 bits per heavy atom. The molecule has 6 nitrogen and oxygen atoms in total. The van der Waals surface area contributed by atoms with Crippen LogP contribution in [-0.4, -0.2) is 33.6 Å². The van der Waals surface area contributed by atoms with Crippen LogP contribution in [0.3, 0.4) is 0 Å². The molecule has 0 saturated heterocycles. The van der Waals surface area contributed by atoms with E-state index in [9.17, 15) is 0 Å². The van der Waals surface area contributed by atoms with Crippen molar-refractivity contribution in [2.45, 2.75) is 41.2 Å². The number of aromatic nitrogens is 4. The smallest absolute Gasteiger partial charge is 0.224 e. The zero-order chi connectivity index (χ0) is 20.2. The van der Waals surface area contributed by atoms with Crippen molar-refractivity contribution in [2.75, 3.05) is 24.3 Å². The Morgan fingerprint density at radius 3 is 2.41 bits per heavy atom. The first-order chi connectivity index (χ1) is 13.1. The highest BCUT2D eigenvalue weighted by molar-refractivity contribution is 5.48. The molecule has 0 spiro atoms. The highest BCUT2D eigenvalue weighted by Gasteiger charge is 2.07. The molecule has 1 N–H and O–H groups in total. The number of hydrogen-bond acceptors (Lipinski definition) is 5. The van der Waals surface area contributed by atoms with Crippen molar-refractivity contribution in [3.63, 3.8) is 0 Å². The summed E-state index contributed by atoms with van der Waals surface area (Å²) in [6.45, 7) is 10.7. The molecule has 0 radical (unpaired) electrons. The average Bonchev–Trinajstić information content (AvgIpc) is 3.25. The summed E-state index contributed by atoms with van der Waals surface area (Å²) in [6, 6.07) is 8.20. The van der Waals surface area contributed by atoms with Gasteiger partial charge in [0.25, 0.3) is 0 Å². The Balaban J connectivity index is 0.000000855. The van der Waals surface area contributed by atoms with Gasteiger partial charge in [0.05, 0.1) is 12.0 Å². The van der Waals surface area contributed by atoms with E-state index in [-0.39, 0.29) is 0 Å². The molecule has 0 atom stereocenters. The van der Waals surface area contributed by atoms with Gasteiger partial charge in [-0.3, -0.25) is 0 Å². The summed E-state index contributed by atoms with van der Waals surface area (Å²) in [5.74, 6) is 1.55. The third-order valence-corrected chi connectivity index (χ3v) is 3.58. The molecule has 3 rings (SSSR count). The Morgan fingerprint density at radius 1 is 1.07 bits per heavy atom. The van der Waals surface area contributed by atoms with E-state index < -0.39 is 0 Å². The lowest BCUT2D eigenvalue weighted by Gasteiger charge is -2.16. The summed E-state index contributed by atoms with van der Waals surface area (Å²) in [5.41, 5.74) is 3.30. The number of nitrogens with one attached hydrogen (secondary N) is 1. The molecule has 27 heavy (non-hydrogen) atoms. The van der Waals surface area contributed by atoms with Crippen molar-refractivity contribution in [3.8, 4) is 5.69 Å². The Labute approximate surface area is 163 Å². The second kappa shape index (κ2) is 11.7. The number of rotatable bonds is 5. The third kappa shape index (κ3) is 6.09. The fourth-order valence-electron chi connectivity index (χ4n) is 2.46. The maximum Gasteiger partial charge on any atom is 0.224 e. The molecule has 0 aliphatic rings. The van der Waals surface area contributed by atoms with Gasteiger partial charge in [0.2, 0.25) is 5.95 Å². The first-order valence-electron chi connectivity index (χ1n) is 9.46. The third-order valence-electron chi connectivity index (χ3n) is 3.58. The molecule has 6 heteroatoms. The number of nitrogens with zero attached hydrogens (tertiary/aromatic N) is 5. The van der Waals surface area contributed by atoms with Crippen molar-refractivity contribution >= 4 is 11.8 Å². The molecule has 0 aliphatic carbocycles. The zero-order valence-electron chi connectivity index (χ0n) is 17.6. The standard InChI is InChI=1S/C17H20N6.2C2H6/c1-13-10-19-17(21-16(13)22(2)3)20-11-14-6-4-5-7-15(14)23-9-8-18-12-23;2*1-2/h4-10,12H,11H2,1-3H3,(H,19,20,21);2*1-2H3. The minimum Gasteiger partial charge on any atom is -0.362 e. The average molecular weight is 369 g/mol. The summed E-state index contributed by atoms with van der Waals surface area (Å²) in [7, 11) is 3.96. The topological polar surface area (TPSA) is 58.9 Å². The highest BCUT2D eigenvalue weighted by Crippen LogP contribution is 2.18. The lowest BCUT2D eigenvalue weighted by atomic mass is 10.1. The number of imidazole rings is 1. The summed E-state index contributed by atoms with van der Waals surface area (Å²) in [4.78, 5) is 15.0. The molecule has 0 bridgehead atoms. The van der Waals surface area contributed by atoms with Crippen molar-refractivity contribution in [1.29, 1.82) is 0 Å². The van der Waals surface area contributed by atoms with Crippen LogP contribution in [0.5, 0.6) is 0 Å². The van der Waals surface area contributed by atoms with E-state index in [1.807, 2.05) is 82.7 Å². The van der Waals surface area contributed by atoms with Crippen LogP contribution >= 0.6 is 0 Å². The van der Waals surface area contributed by atoms with Crippen molar-refractivity contribution in [2.24, 2.45) is 0 Å². The molecule has 0 amide bonds. The van der Waals surface area contributed by atoms with E-state index in [0.717, 1.165) is 22.6 Å². The first kappa shape index (κ1) is 22.2. The van der Waals surface area contributed by atoms with Crippen molar-refractivity contribution in [3.05, 3.63) is 60.3 Å². The number of benzene rings is 1. The van der Waals surface area contributed by atoms with E-state index in [0.29, 0.717) is 12.5 Å². The Kier molecular flexibility index (Phi) is 9.58. The highest BCUT2D eigenvalue weighted by atomic mass is 15.2. The number of para-hydroxylation sites is 1. The van der Waals surface area contributed by atoms with Crippen LogP contribution in [0, 0.1) is 6.92 Å². The first-order valence-corrected chi connectivity index (χ1v) is 9.46. The minimum absolute atomic E-state index is 0.625. The minimum atomic E-state index is 0.625. The molecule has 0 saturated carbocycles. The van der Waals surface area contributed by atoms with Gasteiger partial charge in [0, 0.05) is 44.8 Å². The maximum atomic E-state index is 4.56. The van der Waals surface area contributed by atoms with E-state index in [1.54, 1.807) is 12.5 Å². The van der Waals surface area contributed by atoms with Crippen molar-refractivity contribution < 1.29 is 0 Å². The second-order valence-corrected chi connectivity index (χ2v) is 5.55. The molecule has 146 valence electrons. The molecule has 2 aromatic heterocycles. The van der Waals surface area contributed by atoms with Gasteiger partial charge < -0.3 is 14.8 Å². The fraction of sp³-hybridized carbons (Fsp3) is 0.381. The van der Waals surface area contributed by atoms with Gasteiger partial charge in [-0.15, -0.1) is 0 Å². The van der Waals surface area contributed by atoms with Crippen LogP contribution in [0.4, 0.5) is 11.8 Å². The summed E-state index contributed by atoms with van der Waals surface area (Å²) >= 11 is 0. The molecule has 0 unspecified atom stereocenters. The number of hydrogen-bond donors (Lipinski definition) is 1. The van der Waals surface area contributed by atoms with Crippen LogP contribution in [0.25, 0.3) is 5.69 Å². The van der Waals surface area contributed by atoms with Crippen LogP contribution in [0.15, 0.2) is 49.2 Å². The number of anilines is 2. The van der Waals surface area contributed by atoms with Crippen LogP contribution in [-0.2, 0) is 6.54 Å². The van der Waals surface area contributed by atoms with Crippen LogP contribution in [0.1, 0.15) is 38.8 Å². The largest absolute Gasteiger partial charge is 0.362 e. The zero-order valence-corrected chi connectivity index (χ0v) is 17.6. The SMILES string of the molecule is CC.CC.Cc1cnc(NCc2ccccc2-n2ccnc2)nc1N(C)C. The summed E-state index contributed by atoms with van der Waals surface area (Å²) < 4.78 is 2.00. The fourth-order valence-corrected chi connectivity index (χ4v) is 2.46. The molecule has 0 aliphatic heterocycles. The molecular formula is C21H32N6. The molecule has 3 aromatic rings. The monoisotopic (exact) mass is 368 g/mol. The maximum absolute atomic E-state index is 4.56. The predicted octanol–water partition coefficient (Wildman–Crippen LogP) is 4.70. The Bertz CT molecular complexity index is 781. The van der Waals surface area contributed by atoms with Gasteiger partial charge in [-0.05, 0) is 18.6 Å². The normalized spacial score (nSPS) is 9.44. The van der Waals surface area contributed by atoms with Gasteiger partial charge in [-0.2, -0.15) is 4.98 Å². The molecule has 0 fully saturated rings. The number of aryl methyl sites for hydroxylation is 1. The lowest BCUT2D eigenvalue weighted by Crippen LogP contribution is -2.14. The predicted molar refractivity (Wildman–Crippen MR) is 115 cm³/mol. The van der Waals surface area contributed by atoms with Gasteiger partial charge >= 0.3 is 0 Å². The summed E-state index contributed by atoms with van der Waals surface area (Å²) in [6.07, 6.45) is 7.35. The molecular weight excluding hydrogens is 336 g/mol. The van der Waals surface area contributed by atoms with E-state index in [1.165, 1.54) is 0 Å². The van der Waals surface area contributed by atoms with Crippen molar-refractivity contribution in [1.82, 2.24) is 19.5 Å². The Hall–Kier alpha value is -2.89. The lowest BCUT2D eigenvalue weighted by molar-refractivity contribution is 0.971. The molecule has 2 heterocycles. The second-order valence-electron chi connectivity index (χ2n) is 5.55. The van der Waals surface area contributed by atoms with Crippen LogP contribution < -0.4 is 10.2 Å². The van der Waals surface area contributed by atoms with E-state index in [2.05, 4.69) is 32.4 Å². The van der Waals surface area contributed by atoms with Gasteiger partial charge in [0.15, 0.2) is 0 Å². The van der Waals surface area contributed by atoms with E-state index in [4.69, 9.17) is 0 Å². The van der Waals surface area contributed by atoms with Gasteiger partial charge in [-0.1, -0.05) is 45.9 Å². The van der Waals surface area contributed by atoms with Gasteiger partial charge in [-0.25, -0.2) is 9.97 Å². The van der Waals surface area contributed by atoms with E-state index >= 15 is 0 Å².